The summed E-state index contributed by atoms with van der Waals surface area (Å²) in [6.07, 6.45) is 1.84. The molecule has 6 nitrogen and oxygen atoms in total. The summed E-state index contributed by atoms with van der Waals surface area (Å²) in [5.41, 5.74) is 0.434. The van der Waals surface area contributed by atoms with Crippen molar-refractivity contribution in [2.24, 2.45) is 0 Å². The Kier molecular flexibility index (Phi) is 4.50. The number of rotatable bonds is 4. The Hall–Kier alpha value is -2.76. The quantitative estimate of drug-likeness (QED) is 0.529. The van der Waals surface area contributed by atoms with Crippen molar-refractivity contribution >= 4 is 16.9 Å². The van der Waals surface area contributed by atoms with E-state index in [-0.39, 0.29) is 23.5 Å². The van der Waals surface area contributed by atoms with Crippen molar-refractivity contribution in [1.29, 1.82) is 0 Å². The molecular formula is C16H16O6. The molecule has 1 aromatic heterocycles. The van der Waals surface area contributed by atoms with Gasteiger partial charge >= 0.3 is 11.6 Å². The number of carbonyl (C=O) groups is 1. The SMILES string of the molecule is COC(=O)C(C)=CCc1cc2ccc(O)c(OC)c2oc1=O. The van der Waals surface area contributed by atoms with E-state index in [0.29, 0.717) is 16.5 Å². The van der Waals surface area contributed by atoms with Crippen LogP contribution in [0.25, 0.3) is 11.0 Å². The molecule has 0 amide bonds. The number of aromatic hydroxyl groups is 1. The minimum Gasteiger partial charge on any atom is -0.504 e. The second kappa shape index (κ2) is 6.34. The summed E-state index contributed by atoms with van der Waals surface area (Å²) >= 11 is 0. The highest BCUT2D eigenvalue weighted by molar-refractivity contribution is 5.88. The maximum absolute atomic E-state index is 12.0. The highest BCUT2D eigenvalue weighted by Crippen LogP contribution is 2.33. The lowest BCUT2D eigenvalue weighted by Gasteiger charge is -2.07. The van der Waals surface area contributed by atoms with Crippen molar-refractivity contribution in [1.82, 2.24) is 0 Å². The zero-order valence-corrected chi connectivity index (χ0v) is 12.5. The molecule has 0 bridgehead atoms. The highest BCUT2D eigenvalue weighted by Gasteiger charge is 2.13. The zero-order chi connectivity index (χ0) is 16.3. The zero-order valence-electron chi connectivity index (χ0n) is 12.5. The molecule has 1 aromatic carbocycles. The Morgan fingerprint density at radius 1 is 1.36 bits per heavy atom. The summed E-state index contributed by atoms with van der Waals surface area (Å²) in [7, 11) is 2.67. The molecule has 1 N–H and O–H groups in total. The summed E-state index contributed by atoms with van der Waals surface area (Å²) in [6, 6.07) is 4.72. The Morgan fingerprint density at radius 2 is 2.09 bits per heavy atom. The van der Waals surface area contributed by atoms with Crippen LogP contribution in [0.15, 0.2) is 39.1 Å². The number of hydrogen-bond donors (Lipinski definition) is 1. The lowest BCUT2D eigenvalue weighted by Crippen LogP contribution is -2.08. The van der Waals surface area contributed by atoms with Crippen LogP contribution in [0.2, 0.25) is 0 Å². The number of hydrogen-bond acceptors (Lipinski definition) is 6. The van der Waals surface area contributed by atoms with Crippen LogP contribution in [-0.4, -0.2) is 25.3 Å². The van der Waals surface area contributed by atoms with E-state index in [1.54, 1.807) is 25.1 Å². The molecule has 0 aliphatic carbocycles. The molecule has 0 atom stereocenters. The average Bonchev–Trinajstić information content (AvgIpc) is 2.52. The van der Waals surface area contributed by atoms with Gasteiger partial charge in [0, 0.05) is 16.5 Å². The lowest BCUT2D eigenvalue weighted by molar-refractivity contribution is -0.136. The van der Waals surface area contributed by atoms with Crippen molar-refractivity contribution in [3.05, 3.63) is 45.8 Å². The third-order valence-corrected chi connectivity index (χ3v) is 3.25. The van der Waals surface area contributed by atoms with Crippen molar-refractivity contribution in [2.45, 2.75) is 13.3 Å². The molecule has 2 rings (SSSR count). The van der Waals surface area contributed by atoms with Crippen LogP contribution in [0.3, 0.4) is 0 Å². The van der Waals surface area contributed by atoms with E-state index in [2.05, 4.69) is 4.74 Å². The van der Waals surface area contributed by atoms with E-state index in [1.165, 1.54) is 20.3 Å². The molecule has 0 aliphatic rings. The largest absolute Gasteiger partial charge is 0.504 e. The van der Waals surface area contributed by atoms with Crippen LogP contribution in [0.5, 0.6) is 11.5 Å². The predicted octanol–water partition coefficient (Wildman–Crippen LogP) is 2.17. The standard InChI is InChI=1S/C16H16O6/c1-9(15(18)21-3)4-5-11-8-10-6-7-12(17)14(20-2)13(10)22-16(11)19/h4,6-8,17H,5H2,1-3H3. The molecule has 0 aliphatic heterocycles. The lowest BCUT2D eigenvalue weighted by atomic mass is 10.1. The van der Waals surface area contributed by atoms with Gasteiger partial charge in [-0.15, -0.1) is 0 Å². The fourth-order valence-corrected chi connectivity index (χ4v) is 2.04. The molecule has 1 heterocycles. The number of methoxy groups -OCH3 is 2. The van der Waals surface area contributed by atoms with Gasteiger partial charge in [0.2, 0.25) is 5.75 Å². The van der Waals surface area contributed by atoms with Gasteiger partial charge < -0.3 is 19.0 Å². The fourth-order valence-electron chi connectivity index (χ4n) is 2.04. The number of carbonyl (C=O) groups excluding carboxylic acids is 1. The van der Waals surface area contributed by atoms with Gasteiger partial charge in [0.1, 0.15) is 0 Å². The van der Waals surface area contributed by atoms with E-state index < -0.39 is 11.6 Å². The van der Waals surface area contributed by atoms with Gasteiger partial charge in [-0.1, -0.05) is 6.08 Å². The normalized spacial score (nSPS) is 11.5. The number of phenolic OH excluding ortho intramolecular Hbond substituents is 1. The Labute approximate surface area is 126 Å². The average molecular weight is 304 g/mol. The maximum Gasteiger partial charge on any atom is 0.339 e. The van der Waals surface area contributed by atoms with Gasteiger partial charge in [-0.05, 0) is 31.5 Å². The number of benzene rings is 1. The summed E-state index contributed by atoms with van der Waals surface area (Å²) in [5, 5.41) is 10.3. The van der Waals surface area contributed by atoms with Crippen LogP contribution in [0.4, 0.5) is 0 Å². The molecule has 116 valence electrons. The first-order valence-corrected chi connectivity index (χ1v) is 6.55. The first-order valence-electron chi connectivity index (χ1n) is 6.55. The molecule has 6 heteroatoms. The van der Waals surface area contributed by atoms with Crippen molar-refractivity contribution in [3.8, 4) is 11.5 Å². The van der Waals surface area contributed by atoms with Crippen LogP contribution >= 0.6 is 0 Å². The molecule has 0 saturated heterocycles. The number of esters is 1. The van der Waals surface area contributed by atoms with E-state index in [4.69, 9.17) is 9.15 Å². The minimum absolute atomic E-state index is 0.104. The highest BCUT2D eigenvalue weighted by atomic mass is 16.5. The molecular weight excluding hydrogens is 288 g/mol. The third-order valence-electron chi connectivity index (χ3n) is 3.25. The molecule has 0 saturated carbocycles. The molecule has 0 fully saturated rings. The van der Waals surface area contributed by atoms with Gasteiger partial charge in [-0.3, -0.25) is 0 Å². The number of ether oxygens (including phenoxy) is 2. The van der Waals surface area contributed by atoms with Gasteiger partial charge in [-0.2, -0.15) is 0 Å². The maximum atomic E-state index is 12.0. The van der Waals surface area contributed by atoms with Crippen LogP contribution in [0.1, 0.15) is 12.5 Å². The van der Waals surface area contributed by atoms with Crippen LogP contribution in [0, 0.1) is 0 Å². The topological polar surface area (TPSA) is 86.0 Å². The predicted molar refractivity (Wildman–Crippen MR) is 80.2 cm³/mol. The van der Waals surface area contributed by atoms with Crippen LogP contribution < -0.4 is 10.4 Å². The van der Waals surface area contributed by atoms with Gasteiger partial charge in [-0.25, -0.2) is 9.59 Å². The molecule has 22 heavy (non-hydrogen) atoms. The Morgan fingerprint density at radius 3 is 2.73 bits per heavy atom. The Balaban J connectivity index is 2.46. The van der Waals surface area contributed by atoms with Crippen molar-refractivity contribution in [2.75, 3.05) is 14.2 Å². The Bertz CT molecular complexity index is 800. The fraction of sp³-hybridized carbons (Fsp3) is 0.250. The van der Waals surface area contributed by atoms with E-state index in [1.807, 2.05) is 0 Å². The smallest absolute Gasteiger partial charge is 0.339 e. The second-order valence-corrected chi connectivity index (χ2v) is 4.68. The number of allylic oxidation sites excluding steroid dienone is 1. The van der Waals surface area contributed by atoms with E-state index in [9.17, 15) is 14.7 Å². The summed E-state index contributed by atoms with van der Waals surface area (Å²) in [5.74, 6) is -0.438. The summed E-state index contributed by atoms with van der Waals surface area (Å²) < 4.78 is 14.9. The van der Waals surface area contributed by atoms with Gasteiger partial charge in [0.05, 0.1) is 14.2 Å². The summed E-state index contributed by atoms with van der Waals surface area (Å²) in [6.45, 7) is 1.61. The van der Waals surface area contributed by atoms with E-state index in [0.717, 1.165) is 0 Å². The first-order chi connectivity index (χ1) is 10.5. The molecule has 0 radical (unpaired) electrons. The molecule has 2 aromatic rings. The first kappa shape index (κ1) is 15.6. The van der Waals surface area contributed by atoms with Gasteiger partial charge in [0.25, 0.3) is 0 Å². The number of fused-ring (bicyclic) bond motifs is 1. The molecule has 0 unspecified atom stereocenters. The third kappa shape index (κ3) is 2.95. The summed E-state index contributed by atoms with van der Waals surface area (Å²) in [4.78, 5) is 23.3. The van der Waals surface area contributed by atoms with Crippen molar-refractivity contribution < 1.29 is 23.8 Å². The minimum atomic E-state index is -0.551. The van der Waals surface area contributed by atoms with Crippen molar-refractivity contribution in [3.63, 3.8) is 0 Å². The monoisotopic (exact) mass is 304 g/mol. The second-order valence-electron chi connectivity index (χ2n) is 4.68. The molecule has 0 spiro atoms. The van der Waals surface area contributed by atoms with Crippen LogP contribution in [-0.2, 0) is 16.0 Å². The van der Waals surface area contributed by atoms with E-state index >= 15 is 0 Å². The van der Waals surface area contributed by atoms with Gasteiger partial charge in [0.15, 0.2) is 11.3 Å². The number of phenols is 1.